The Bertz CT molecular complexity index is 209. The topological polar surface area (TPSA) is 26.0 Å². The van der Waals surface area contributed by atoms with Crippen molar-refractivity contribution in [1.82, 2.24) is 0 Å². The normalized spacial score (nSPS) is 19.2. The van der Waals surface area contributed by atoms with E-state index in [9.17, 15) is 0 Å². The van der Waals surface area contributed by atoms with Gasteiger partial charge in [0, 0.05) is 6.04 Å². The van der Waals surface area contributed by atoms with Crippen LogP contribution in [-0.2, 0) is 0 Å². The summed E-state index contributed by atoms with van der Waals surface area (Å²) < 4.78 is 0. The zero-order chi connectivity index (χ0) is 8.81. The molecule has 0 aromatic heterocycles. The molecule has 0 aromatic carbocycles. The Hall–Kier alpha value is -0.780. The van der Waals surface area contributed by atoms with Crippen LogP contribution in [0.25, 0.3) is 0 Å². The summed E-state index contributed by atoms with van der Waals surface area (Å²) in [5.74, 6) is 0. The summed E-state index contributed by atoms with van der Waals surface area (Å²) in [7, 11) is 0. The van der Waals surface area contributed by atoms with Crippen molar-refractivity contribution in [2.24, 2.45) is 5.73 Å². The minimum atomic E-state index is 0.117. The zero-order valence-electron chi connectivity index (χ0n) is 7.55. The molecular formula is C11H17N. The van der Waals surface area contributed by atoms with Crippen LogP contribution in [0.2, 0.25) is 0 Å². The van der Waals surface area contributed by atoms with E-state index in [1.54, 1.807) is 0 Å². The molecule has 1 aliphatic carbocycles. The Labute approximate surface area is 74.7 Å². The molecule has 0 saturated carbocycles. The van der Waals surface area contributed by atoms with Crippen LogP contribution in [0.5, 0.6) is 0 Å². The fourth-order valence-corrected chi connectivity index (χ4v) is 1.60. The highest BCUT2D eigenvalue weighted by atomic mass is 14.6. The van der Waals surface area contributed by atoms with E-state index >= 15 is 0 Å². The van der Waals surface area contributed by atoms with Gasteiger partial charge in [-0.25, -0.2) is 0 Å². The first-order chi connectivity index (χ1) is 5.83. The second kappa shape index (κ2) is 4.97. The molecule has 0 radical (unpaired) electrons. The van der Waals surface area contributed by atoms with E-state index in [1.807, 2.05) is 6.08 Å². The average Bonchev–Trinajstić information content (AvgIpc) is 2.06. The van der Waals surface area contributed by atoms with Crippen LogP contribution in [0.15, 0.2) is 30.0 Å². The van der Waals surface area contributed by atoms with Gasteiger partial charge in [-0.2, -0.15) is 0 Å². The van der Waals surface area contributed by atoms with Crippen LogP contribution < -0.4 is 5.73 Å². The fraction of sp³-hybridized carbons (Fsp3) is 0.545. The molecule has 0 saturated heterocycles. The first-order valence-corrected chi connectivity index (χ1v) is 4.62. The van der Waals surface area contributed by atoms with E-state index in [4.69, 9.17) is 5.73 Å². The molecule has 0 spiro atoms. The summed E-state index contributed by atoms with van der Waals surface area (Å²) in [6.07, 6.45) is 10.3. The van der Waals surface area contributed by atoms with Gasteiger partial charge in [-0.15, -0.1) is 5.73 Å². The number of hydrogen-bond donors (Lipinski definition) is 1. The molecule has 1 nitrogen and oxygen atoms in total. The maximum Gasteiger partial charge on any atom is 0.0336 e. The first-order valence-electron chi connectivity index (χ1n) is 4.62. The molecule has 0 fully saturated rings. The second-order valence-corrected chi connectivity index (χ2v) is 3.35. The fourth-order valence-electron chi connectivity index (χ4n) is 1.60. The van der Waals surface area contributed by atoms with Crippen molar-refractivity contribution in [3.05, 3.63) is 30.0 Å². The average molecular weight is 163 g/mol. The lowest BCUT2D eigenvalue weighted by Crippen LogP contribution is -2.17. The van der Waals surface area contributed by atoms with Crippen molar-refractivity contribution in [3.8, 4) is 0 Å². The summed E-state index contributed by atoms with van der Waals surface area (Å²) in [6.45, 7) is 3.51. The molecule has 66 valence electrons. The van der Waals surface area contributed by atoms with Gasteiger partial charge in [-0.05, 0) is 38.2 Å². The largest absolute Gasteiger partial charge is 0.324 e. The lowest BCUT2D eigenvalue weighted by molar-refractivity contribution is 0.655. The number of rotatable bonds is 3. The standard InChI is InChI=1S/C11H17N/c1-2-6-11(12)9-10-7-4-3-5-8-10/h6-7,11H,1,3-5,8-9,12H2. The molecule has 2 N–H and O–H groups in total. The summed E-state index contributed by atoms with van der Waals surface area (Å²) in [5, 5.41) is 0. The van der Waals surface area contributed by atoms with Gasteiger partial charge in [0.1, 0.15) is 0 Å². The quantitative estimate of drug-likeness (QED) is 0.502. The van der Waals surface area contributed by atoms with Crippen LogP contribution in [-0.4, -0.2) is 6.04 Å². The van der Waals surface area contributed by atoms with Crippen molar-refractivity contribution in [2.45, 2.75) is 38.1 Å². The van der Waals surface area contributed by atoms with Gasteiger partial charge in [0.25, 0.3) is 0 Å². The maximum absolute atomic E-state index is 5.82. The summed E-state index contributed by atoms with van der Waals surface area (Å²) in [6, 6.07) is 0.117. The molecule has 0 aliphatic heterocycles. The third-order valence-electron chi connectivity index (χ3n) is 2.21. The van der Waals surface area contributed by atoms with Gasteiger partial charge >= 0.3 is 0 Å². The highest BCUT2D eigenvalue weighted by molar-refractivity contribution is 5.09. The number of nitrogens with two attached hydrogens (primary N) is 1. The van der Waals surface area contributed by atoms with Crippen LogP contribution in [0.1, 0.15) is 32.1 Å². The number of allylic oxidation sites excluding steroid dienone is 1. The highest BCUT2D eigenvalue weighted by Crippen LogP contribution is 2.20. The maximum atomic E-state index is 5.82. The molecule has 1 unspecified atom stereocenters. The van der Waals surface area contributed by atoms with E-state index in [-0.39, 0.29) is 6.04 Å². The van der Waals surface area contributed by atoms with Crippen LogP contribution in [0.4, 0.5) is 0 Å². The van der Waals surface area contributed by atoms with E-state index in [0.717, 1.165) is 6.42 Å². The molecule has 0 aromatic rings. The molecule has 0 bridgehead atoms. The molecule has 1 heteroatoms. The predicted octanol–water partition coefficient (Wildman–Crippen LogP) is 2.55. The minimum Gasteiger partial charge on any atom is -0.324 e. The van der Waals surface area contributed by atoms with Crippen LogP contribution in [0.3, 0.4) is 0 Å². The monoisotopic (exact) mass is 163 g/mol. The van der Waals surface area contributed by atoms with Crippen molar-refractivity contribution in [1.29, 1.82) is 0 Å². The minimum absolute atomic E-state index is 0.117. The van der Waals surface area contributed by atoms with Gasteiger partial charge in [0.05, 0.1) is 0 Å². The van der Waals surface area contributed by atoms with Gasteiger partial charge in [-0.1, -0.05) is 18.2 Å². The SMILES string of the molecule is C=C=CC(N)CC1=CCCCC1. The van der Waals surface area contributed by atoms with Crippen molar-refractivity contribution in [3.63, 3.8) is 0 Å². The third kappa shape index (κ3) is 3.08. The Kier molecular flexibility index (Phi) is 3.86. The van der Waals surface area contributed by atoms with E-state index in [1.165, 1.54) is 31.3 Å². The molecule has 1 rings (SSSR count). The highest BCUT2D eigenvalue weighted by Gasteiger charge is 2.06. The molecule has 0 heterocycles. The zero-order valence-corrected chi connectivity index (χ0v) is 7.55. The van der Waals surface area contributed by atoms with Crippen molar-refractivity contribution >= 4 is 0 Å². The Morgan fingerprint density at radius 1 is 1.67 bits per heavy atom. The Morgan fingerprint density at radius 3 is 3.08 bits per heavy atom. The van der Waals surface area contributed by atoms with E-state index in [2.05, 4.69) is 18.4 Å². The van der Waals surface area contributed by atoms with Gasteiger partial charge in [0.15, 0.2) is 0 Å². The van der Waals surface area contributed by atoms with Gasteiger partial charge < -0.3 is 5.73 Å². The van der Waals surface area contributed by atoms with Crippen LogP contribution in [0, 0.1) is 0 Å². The lowest BCUT2D eigenvalue weighted by Gasteiger charge is -2.14. The van der Waals surface area contributed by atoms with E-state index in [0.29, 0.717) is 0 Å². The van der Waals surface area contributed by atoms with Crippen LogP contribution >= 0.6 is 0 Å². The first kappa shape index (κ1) is 9.31. The van der Waals surface area contributed by atoms with Gasteiger partial charge in [0.2, 0.25) is 0 Å². The third-order valence-corrected chi connectivity index (χ3v) is 2.21. The number of hydrogen-bond acceptors (Lipinski definition) is 1. The molecule has 12 heavy (non-hydrogen) atoms. The Morgan fingerprint density at radius 2 is 2.50 bits per heavy atom. The van der Waals surface area contributed by atoms with Crippen molar-refractivity contribution < 1.29 is 0 Å². The summed E-state index contributed by atoms with van der Waals surface area (Å²) >= 11 is 0. The molecular weight excluding hydrogens is 146 g/mol. The van der Waals surface area contributed by atoms with Gasteiger partial charge in [-0.3, -0.25) is 0 Å². The molecule has 1 atom stereocenters. The summed E-state index contributed by atoms with van der Waals surface area (Å²) in [4.78, 5) is 0. The molecule has 0 amide bonds. The Balaban J connectivity index is 2.38. The lowest BCUT2D eigenvalue weighted by atomic mass is 9.94. The van der Waals surface area contributed by atoms with Crippen molar-refractivity contribution in [2.75, 3.05) is 0 Å². The van der Waals surface area contributed by atoms with E-state index < -0.39 is 0 Å². The predicted molar refractivity (Wildman–Crippen MR) is 52.9 cm³/mol. The smallest absolute Gasteiger partial charge is 0.0336 e. The summed E-state index contributed by atoms with van der Waals surface area (Å²) in [5.41, 5.74) is 10.1. The second-order valence-electron chi connectivity index (χ2n) is 3.35. The molecule has 1 aliphatic rings.